The van der Waals surface area contributed by atoms with Crippen LogP contribution in [0.5, 0.6) is 5.75 Å². The minimum Gasteiger partial charge on any atom is -0.495 e. The van der Waals surface area contributed by atoms with Crippen LogP contribution in [0.1, 0.15) is 27.7 Å². The lowest BCUT2D eigenvalue weighted by Crippen LogP contribution is -2.41. The van der Waals surface area contributed by atoms with Gasteiger partial charge in [-0.3, -0.25) is 0 Å². The molecule has 1 aromatic heterocycles. The molecule has 2 heterocycles. The molecule has 1 fully saturated rings. The molecule has 0 spiro atoms. The zero-order valence-electron chi connectivity index (χ0n) is 13.9. The fourth-order valence-corrected chi connectivity index (χ4v) is 2.75. The second kappa shape index (κ2) is 5.01. The lowest BCUT2D eigenvalue weighted by molar-refractivity contribution is 0.00578. The maximum absolute atomic E-state index is 11.4. The van der Waals surface area contributed by atoms with Gasteiger partial charge in [-0.2, -0.15) is 0 Å². The summed E-state index contributed by atoms with van der Waals surface area (Å²) < 4.78 is 18.6. The molecule has 1 aromatic carbocycles. The summed E-state index contributed by atoms with van der Waals surface area (Å²) in [7, 11) is 0.959. The predicted octanol–water partition coefficient (Wildman–Crippen LogP) is 2.48. The van der Waals surface area contributed by atoms with E-state index in [1.54, 1.807) is 12.1 Å². The molecule has 0 unspecified atom stereocenters. The Kier molecular flexibility index (Phi) is 3.46. The van der Waals surface area contributed by atoms with Crippen molar-refractivity contribution in [2.75, 3.05) is 7.11 Å². The first-order chi connectivity index (χ1) is 10.7. The first kappa shape index (κ1) is 15.9. The van der Waals surface area contributed by atoms with Crippen LogP contribution in [0, 0.1) is 0 Å². The Morgan fingerprint density at radius 1 is 1.17 bits per heavy atom. The highest BCUT2D eigenvalue weighted by molar-refractivity contribution is 6.65. The Morgan fingerprint density at radius 3 is 2.30 bits per heavy atom. The van der Waals surface area contributed by atoms with Crippen molar-refractivity contribution in [3.63, 3.8) is 0 Å². The first-order valence-electron chi connectivity index (χ1n) is 7.45. The summed E-state index contributed by atoms with van der Waals surface area (Å²) >= 11 is 0. The minimum absolute atomic E-state index is 0.459. The van der Waals surface area contributed by atoms with E-state index in [0.717, 1.165) is 15.4 Å². The van der Waals surface area contributed by atoms with E-state index in [2.05, 4.69) is 0 Å². The average molecular weight is 317 g/mol. The van der Waals surface area contributed by atoms with Crippen molar-refractivity contribution in [1.29, 1.82) is 0 Å². The van der Waals surface area contributed by atoms with Crippen molar-refractivity contribution in [2.45, 2.75) is 38.9 Å². The molecule has 23 heavy (non-hydrogen) atoms. The van der Waals surface area contributed by atoms with Crippen LogP contribution < -0.4 is 10.2 Å². The molecule has 0 atom stereocenters. The number of hydrogen-bond acceptors (Lipinski definition) is 4. The highest BCUT2D eigenvalue weighted by Gasteiger charge is 2.52. The van der Waals surface area contributed by atoms with E-state index in [-0.39, 0.29) is 0 Å². The zero-order valence-corrected chi connectivity index (χ0v) is 13.9. The highest BCUT2D eigenvalue weighted by Crippen LogP contribution is 2.37. The van der Waals surface area contributed by atoms with E-state index in [4.69, 9.17) is 14.0 Å². The van der Waals surface area contributed by atoms with Gasteiger partial charge >= 0.3 is 13.2 Å². The SMILES string of the molecule is COc1ccc(B2OC(C)(C)C(C)(C)O2)c2ccn(C(=O)O)c12. The normalized spacial score (nSPS) is 19.3. The number of hydrogen-bond donors (Lipinski definition) is 1. The van der Waals surface area contributed by atoms with Crippen LogP contribution in [0.4, 0.5) is 4.79 Å². The summed E-state index contributed by atoms with van der Waals surface area (Å²) in [6.45, 7) is 7.93. The number of methoxy groups -OCH3 is 1. The van der Waals surface area contributed by atoms with Gasteiger partial charge in [0.15, 0.2) is 0 Å². The number of benzene rings is 1. The van der Waals surface area contributed by atoms with Crippen LogP contribution in [0.3, 0.4) is 0 Å². The van der Waals surface area contributed by atoms with Crippen molar-refractivity contribution >= 4 is 29.6 Å². The van der Waals surface area contributed by atoms with Gasteiger partial charge in [0.2, 0.25) is 0 Å². The van der Waals surface area contributed by atoms with E-state index < -0.39 is 24.4 Å². The van der Waals surface area contributed by atoms with Crippen LogP contribution >= 0.6 is 0 Å². The molecule has 3 rings (SSSR count). The van der Waals surface area contributed by atoms with Gasteiger partial charge in [-0.05, 0) is 45.3 Å². The molecule has 1 saturated heterocycles. The van der Waals surface area contributed by atoms with Gasteiger partial charge in [-0.15, -0.1) is 0 Å². The third kappa shape index (κ3) is 2.31. The van der Waals surface area contributed by atoms with Gasteiger partial charge < -0.3 is 19.2 Å². The van der Waals surface area contributed by atoms with Crippen molar-refractivity contribution in [2.24, 2.45) is 0 Å². The quantitative estimate of drug-likeness (QED) is 0.862. The number of rotatable bonds is 2. The lowest BCUT2D eigenvalue weighted by atomic mass is 9.77. The van der Waals surface area contributed by atoms with Crippen LogP contribution in [0.25, 0.3) is 10.9 Å². The molecule has 0 bridgehead atoms. The smallest absolute Gasteiger partial charge is 0.495 e. The second-order valence-corrected chi connectivity index (χ2v) is 6.68. The summed E-state index contributed by atoms with van der Waals surface area (Å²) in [5.41, 5.74) is 0.366. The van der Waals surface area contributed by atoms with Gasteiger partial charge in [-0.25, -0.2) is 9.36 Å². The van der Waals surface area contributed by atoms with Crippen LogP contribution in [0.15, 0.2) is 24.4 Å². The largest absolute Gasteiger partial charge is 0.495 e. The zero-order chi connectivity index (χ0) is 17.0. The van der Waals surface area contributed by atoms with Crippen LogP contribution in [-0.4, -0.2) is 41.2 Å². The molecule has 0 saturated carbocycles. The van der Waals surface area contributed by atoms with Gasteiger partial charge in [0, 0.05) is 11.6 Å². The number of nitrogens with zero attached hydrogens (tertiary/aromatic N) is 1. The maximum atomic E-state index is 11.4. The van der Waals surface area contributed by atoms with E-state index in [1.807, 2.05) is 33.8 Å². The molecule has 1 aliphatic heterocycles. The Balaban J connectivity index is 2.16. The summed E-state index contributed by atoms with van der Waals surface area (Å²) in [5.74, 6) is 0.493. The van der Waals surface area contributed by atoms with E-state index in [0.29, 0.717) is 11.3 Å². The number of carboxylic acid groups (broad SMARTS) is 1. The predicted molar refractivity (Wildman–Crippen MR) is 87.6 cm³/mol. The van der Waals surface area contributed by atoms with Gasteiger partial charge in [0.25, 0.3) is 0 Å². The lowest BCUT2D eigenvalue weighted by Gasteiger charge is -2.32. The Bertz CT molecular complexity index is 764. The molecule has 1 N–H and O–H groups in total. The van der Waals surface area contributed by atoms with Crippen molar-refractivity contribution < 1.29 is 23.9 Å². The molecular weight excluding hydrogens is 297 g/mol. The van der Waals surface area contributed by atoms with Crippen molar-refractivity contribution in [1.82, 2.24) is 4.57 Å². The first-order valence-corrected chi connectivity index (χ1v) is 7.45. The highest BCUT2D eigenvalue weighted by atomic mass is 16.7. The van der Waals surface area contributed by atoms with Crippen LogP contribution in [-0.2, 0) is 9.31 Å². The number of ether oxygens (including phenoxy) is 1. The Morgan fingerprint density at radius 2 is 1.78 bits per heavy atom. The average Bonchev–Trinajstić information content (AvgIpc) is 2.97. The molecular formula is C16H20BNO5. The van der Waals surface area contributed by atoms with Crippen molar-refractivity contribution in [3.8, 4) is 5.75 Å². The fraction of sp³-hybridized carbons (Fsp3) is 0.438. The number of aromatic nitrogens is 1. The minimum atomic E-state index is -1.07. The summed E-state index contributed by atoms with van der Waals surface area (Å²) in [6, 6.07) is 5.34. The molecule has 1 aliphatic rings. The van der Waals surface area contributed by atoms with Gasteiger partial charge in [0.05, 0.1) is 18.3 Å². The maximum Gasteiger partial charge on any atom is 0.495 e. The number of carbonyl (C=O) groups is 1. The second-order valence-electron chi connectivity index (χ2n) is 6.68. The molecule has 6 nitrogen and oxygen atoms in total. The van der Waals surface area contributed by atoms with E-state index >= 15 is 0 Å². The topological polar surface area (TPSA) is 69.9 Å². The van der Waals surface area contributed by atoms with Gasteiger partial charge in [-0.1, -0.05) is 6.07 Å². The Hall–Kier alpha value is -1.99. The third-order valence-corrected chi connectivity index (χ3v) is 4.78. The number of fused-ring (bicyclic) bond motifs is 1. The molecule has 2 aromatic rings. The molecule has 0 amide bonds. The van der Waals surface area contributed by atoms with Crippen LogP contribution in [0.2, 0.25) is 0 Å². The molecule has 0 radical (unpaired) electrons. The molecule has 122 valence electrons. The monoisotopic (exact) mass is 317 g/mol. The summed E-state index contributed by atoms with van der Waals surface area (Å²) in [4.78, 5) is 11.4. The third-order valence-electron chi connectivity index (χ3n) is 4.78. The molecule has 0 aliphatic carbocycles. The standard InChI is InChI=1S/C16H20BNO5/c1-15(2)16(3,4)23-17(22-15)11-6-7-12(21-5)13-10(11)8-9-18(13)14(19)20/h6-9H,1-5H3,(H,19,20). The molecule has 7 heteroatoms. The summed E-state index contributed by atoms with van der Waals surface area (Å²) in [5, 5.41) is 10.1. The fourth-order valence-electron chi connectivity index (χ4n) is 2.75. The van der Waals surface area contributed by atoms with E-state index in [1.165, 1.54) is 13.3 Å². The van der Waals surface area contributed by atoms with Crippen molar-refractivity contribution in [3.05, 3.63) is 24.4 Å². The Labute approximate surface area is 135 Å². The van der Waals surface area contributed by atoms with Gasteiger partial charge in [0.1, 0.15) is 11.3 Å². The van der Waals surface area contributed by atoms with E-state index in [9.17, 15) is 9.90 Å². The summed E-state index contributed by atoms with van der Waals surface area (Å²) in [6.07, 6.45) is 0.439.